The molecular weight excluding hydrogens is 270 g/mol. The van der Waals surface area contributed by atoms with Crippen molar-refractivity contribution >= 4 is 29.3 Å². The highest BCUT2D eigenvalue weighted by molar-refractivity contribution is 8.00. The molecule has 2 rings (SSSR count). The standard InChI is InChI=1S/C13H16ClNO2S/c1-8-9(2)18-6-5-15(8)13(17)10-3-4-12(16)11(14)7-10/h3-4,7-9,16H,5-6H2,1-2H3. The van der Waals surface area contributed by atoms with Gasteiger partial charge in [-0.25, -0.2) is 0 Å². The highest BCUT2D eigenvalue weighted by atomic mass is 35.5. The van der Waals surface area contributed by atoms with E-state index in [2.05, 4.69) is 13.8 Å². The smallest absolute Gasteiger partial charge is 0.254 e. The van der Waals surface area contributed by atoms with Crippen LogP contribution in [0.15, 0.2) is 18.2 Å². The topological polar surface area (TPSA) is 40.5 Å². The predicted octanol–water partition coefficient (Wildman–Crippen LogP) is 3.01. The number of phenolic OH excluding ortho intramolecular Hbond substituents is 1. The molecule has 1 aliphatic rings. The Bertz CT molecular complexity index is 466. The van der Waals surface area contributed by atoms with Crippen LogP contribution in [0.4, 0.5) is 0 Å². The van der Waals surface area contributed by atoms with Gasteiger partial charge in [-0.05, 0) is 25.1 Å². The number of benzene rings is 1. The molecule has 1 aromatic carbocycles. The summed E-state index contributed by atoms with van der Waals surface area (Å²) >= 11 is 7.73. The van der Waals surface area contributed by atoms with Crippen molar-refractivity contribution in [1.29, 1.82) is 0 Å². The van der Waals surface area contributed by atoms with Gasteiger partial charge in [0.05, 0.1) is 5.02 Å². The average molecular weight is 286 g/mol. The van der Waals surface area contributed by atoms with Gasteiger partial charge in [0.15, 0.2) is 0 Å². The van der Waals surface area contributed by atoms with E-state index in [0.717, 1.165) is 12.3 Å². The van der Waals surface area contributed by atoms with E-state index in [0.29, 0.717) is 10.8 Å². The van der Waals surface area contributed by atoms with Crippen LogP contribution in [0.1, 0.15) is 24.2 Å². The molecule has 1 N–H and O–H groups in total. The minimum absolute atomic E-state index is 0.00355. The molecule has 0 saturated carbocycles. The van der Waals surface area contributed by atoms with Crippen LogP contribution in [0, 0.1) is 0 Å². The Labute approximate surface area is 116 Å². The molecule has 1 heterocycles. The van der Waals surface area contributed by atoms with Crippen molar-refractivity contribution in [2.75, 3.05) is 12.3 Å². The number of hydrogen-bond donors (Lipinski definition) is 1. The van der Waals surface area contributed by atoms with Gasteiger partial charge in [0.25, 0.3) is 5.91 Å². The van der Waals surface area contributed by atoms with Gasteiger partial charge in [0.2, 0.25) is 0 Å². The van der Waals surface area contributed by atoms with Gasteiger partial charge in [-0.2, -0.15) is 11.8 Å². The maximum absolute atomic E-state index is 12.4. The number of hydrogen-bond acceptors (Lipinski definition) is 3. The fraction of sp³-hybridized carbons (Fsp3) is 0.462. The van der Waals surface area contributed by atoms with E-state index in [9.17, 15) is 9.90 Å². The number of carbonyl (C=O) groups excluding carboxylic acids is 1. The summed E-state index contributed by atoms with van der Waals surface area (Å²) in [4.78, 5) is 14.3. The van der Waals surface area contributed by atoms with Crippen LogP contribution in [-0.2, 0) is 0 Å². The zero-order chi connectivity index (χ0) is 13.3. The summed E-state index contributed by atoms with van der Waals surface area (Å²) < 4.78 is 0. The second kappa shape index (κ2) is 5.41. The number of carbonyl (C=O) groups is 1. The van der Waals surface area contributed by atoms with Gasteiger partial charge in [-0.1, -0.05) is 18.5 Å². The number of thioether (sulfide) groups is 1. The maximum Gasteiger partial charge on any atom is 0.254 e. The maximum atomic E-state index is 12.4. The first kappa shape index (κ1) is 13.6. The first-order chi connectivity index (χ1) is 8.50. The molecular formula is C13H16ClNO2S. The SMILES string of the molecule is CC1SCCN(C(=O)c2ccc(O)c(Cl)c2)C1C. The van der Waals surface area contributed by atoms with Crippen molar-refractivity contribution < 1.29 is 9.90 Å². The molecule has 2 unspecified atom stereocenters. The Hall–Kier alpha value is -0.870. The second-order valence-corrected chi connectivity index (χ2v) is 6.37. The minimum atomic E-state index is -0.0171. The molecule has 1 saturated heterocycles. The van der Waals surface area contributed by atoms with E-state index in [4.69, 9.17) is 11.6 Å². The van der Waals surface area contributed by atoms with Gasteiger partial charge in [0, 0.05) is 29.2 Å². The normalized spacial score (nSPS) is 24.1. The van der Waals surface area contributed by atoms with Crippen LogP contribution in [0.2, 0.25) is 5.02 Å². The summed E-state index contributed by atoms with van der Waals surface area (Å²) in [6, 6.07) is 4.81. The van der Waals surface area contributed by atoms with Crippen molar-refractivity contribution in [3.8, 4) is 5.75 Å². The first-order valence-corrected chi connectivity index (χ1v) is 7.34. The van der Waals surface area contributed by atoms with Crippen LogP contribution in [0.3, 0.4) is 0 Å². The van der Waals surface area contributed by atoms with Crippen molar-refractivity contribution in [3.05, 3.63) is 28.8 Å². The van der Waals surface area contributed by atoms with E-state index < -0.39 is 0 Å². The Morgan fingerprint density at radius 1 is 1.50 bits per heavy atom. The van der Waals surface area contributed by atoms with Gasteiger partial charge >= 0.3 is 0 Å². The van der Waals surface area contributed by atoms with E-state index in [1.54, 1.807) is 6.07 Å². The molecule has 98 valence electrons. The molecule has 1 aromatic rings. The van der Waals surface area contributed by atoms with E-state index in [1.807, 2.05) is 16.7 Å². The van der Waals surface area contributed by atoms with Crippen LogP contribution in [0.25, 0.3) is 0 Å². The third kappa shape index (κ3) is 2.59. The van der Waals surface area contributed by atoms with E-state index in [1.165, 1.54) is 12.1 Å². The molecule has 0 aliphatic carbocycles. The molecule has 0 radical (unpaired) electrons. The van der Waals surface area contributed by atoms with Gasteiger partial charge in [-0.15, -0.1) is 0 Å². The third-order valence-corrected chi connectivity index (χ3v) is 4.98. The van der Waals surface area contributed by atoms with E-state index >= 15 is 0 Å². The molecule has 1 amide bonds. The number of phenols is 1. The third-order valence-electron chi connectivity index (χ3n) is 3.34. The second-order valence-electron chi connectivity index (χ2n) is 4.48. The molecule has 1 fully saturated rings. The number of amides is 1. The van der Waals surface area contributed by atoms with Crippen molar-refractivity contribution in [3.63, 3.8) is 0 Å². The molecule has 0 spiro atoms. The molecule has 0 bridgehead atoms. The molecule has 5 heteroatoms. The van der Waals surface area contributed by atoms with Gasteiger partial charge < -0.3 is 10.0 Å². The average Bonchev–Trinajstić information content (AvgIpc) is 2.35. The number of nitrogens with zero attached hydrogens (tertiary/aromatic N) is 1. The molecule has 3 nitrogen and oxygen atoms in total. The van der Waals surface area contributed by atoms with Crippen molar-refractivity contribution in [1.82, 2.24) is 4.90 Å². The summed E-state index contributed by atoms with van der Waals surface area (Å²) in [7, 11) is 0. The summed E-state index contributed by atoms with van der Waals surface area (Å²) in [5, 5.41) is 10.0. The van der Waals surface area contributed by atoms with Crippen molar-refractivity contribution in [2.45, 2.75) is 25.1 Å². The Morgan fingerprint density at radius 2 is 2.22 bits per heavy atom. The lowest BCUT2D eigenvalue weighted by atomic mass is 10.1. The predicted molar refractivity (Wildman–Crippen MR) is 75.5 cm³/mol. The largest absolute Gasteiger partial charge is 0.506 e. The lowest BCUT2D eigenvalue weighted by molar-refractivity contribution is 0.0698. The lowest BCUT2D eigenvalue weighted by Gasteiger charge is -2.37. The fourth-order valence-electron chi connectivity index (χ4n) is 2.03. The summed E-state index contributed by atoms with van der Waals surface area (Å²) in [6.07, 6.45) is 0. The highest BCUT2D eigenvalue weighted by Gasteiger charge is 2.29. The summed E-state index contributed by atoms with van der Waals surface area (Å²) in [6.45, 7) is 4.96. The number of rotatable bonds is 1. The molecule has 2 atom stereocenters. The van der Waals surface area contributed by atoms with E-state index in [-0.39, 0.29) is 22.7 Å². The zero-order valence-electron chi connectivity index (χ0n) is 10.4. The lowest BCUT2D eigenvalue weighted by Crippen LogP contribution is -2.47. The Balaban J connectivity index is 2.22. The first-order valence-electron chi connectivity index (χ1n) is 5.92. The minimum Gasteiger partial charge on any atom is -0.506 e. The molecule has 18 heavy (non-hydrogen) atoms. The van der Waals surface area contributed by atoms with Crippen molar-refractivity contribution in [2.24, 2.45) is 0 Å². The summed E-state index contributed by atoms with van der Waals surface area (Å²) in [5.74, 6) is 0.948. The van der Waals surface area contributed by atoms with Crippen LogP contribution < -0.4 is 0 Å². The van der Waals surface area contributed by atoms with Gasteiger partial charge in [0.1, 0.15) is 5.75 Å². The van der Waals surface area contributed by atoms with Crippen LogP contribution in [0.5, 0.6) is 5.75 Å². The quantitative estimate of drug-likeness (QED) is 0.862. The Morgan fingerprint density at radius 3 is 2.89 bits per heavy atom. The zero-order valence-corrected chi connectivity index (χ0v) is 12.0. The Kier molecular flexibility index (Phi) is 4.07. The molecule has 0 aromatic heterocycles. The van der Waals surface area contributed by atoms with Crippen LogP contribution in [-0.4, -0.2) is 39.5 Å². The fourth-order valence-corrected chi connectivity index (χ4v) is 3.31. The van der Waals surface area contributed by atoms with Gasteiger partial charge in [-0.3, -0.25) is 4.79 Å². The number of aromatic hydroxyl groups is 1. The number of halogens is 1. The summed E-state index contributed by atoms with van der Waals surface area (Å²) in [5.41, 5.74) is 0.531. The van der Waals surface area contributed by atoms with Crippen LogP contribution >= 0.6 is 23.4 Å². The highest BCUT2D eigenvalue weighted by Crippen LogP contribution is 2.28. The molecule has 1 aliphatic heterocycles. The monoisotopic (exact) mass is 285 g/mol.